The van der Waals surface area contributed by atoms with Crippen LogP contribution in [0.5, 0.6) is 0 Å². The summed E-state index contributed by atoms with van der Waals surface area (Å²) in [5.41, 5.74) is 5.61. The lowest BCUT2D eigenvalue weighted by Crippen LogP contribution is -1.82. The summed E-state index contributed by atoms with van der Waals surface area (Å²) in [6.45, 7) is 6.16. The third-order valence-electron chi connectivity index (χ3n) is 5.81. The molecule has 0 unspecified atom stereocenters. The van der Waals surface area contributed by atoms with Crippen LogP contribution in [0, 0.1) is 20.8 Å². The van der Waals surface area contributed by atoms with Gasteiger partial charge < -0.3 is 0 Å². The van der Waals surface area contributed by atoms with E-state index in [0.717, 1.165) is 32.0 Å². The first kappa shape index (κ1) is 24.7. The largest absolute Gasteiger partial charge is 0.256 e. The van der Waals surface area contributed by atoms with Crippen molar-refractivity contribution in [2.45, 2.75) is 20.8 Å². The molecule has 2 heterocycles. The Morgan fingerprint density at radius 2 is 1.20 bits per heavy atom. The average molecular weight is 497 g/mol. The van der Waals surface area contributed by atoms with E-state index in [9.17, 15) is 0 Å². The number of fused-ring (bicyclic) bond motifs is 3. The number of para-hydroxylation sites is 2. The lowest BCUT2D eigenvalue weighted by Gasteiger charge is -2.01. The van der Waals surface area contributed by atoms with Gasteiger partial charge in [-0.3, -0.25) is 9.97 Å². The van der Waals surface area contributed by atoms with Crippen molar-refractivity contribution in [2.75, 3.05) is 0 Å². The van der Waals surface area contributed by atoms with E-state index in [-0.39, 0.29) is 0 Å². The van der Waals surface area contributed by atoms with E-state index in [4.69, 9.17) is 23.2 Å². The standard InChI is InChI=1S/C11H9Cl.C10H8ClN.C10H9N/c1-8-3-2-4-9-5-6-10(12)7-11(8)9;1-7-6-12-9-5-3-2-4-8(9)10(7)11;1-8-6-7-11-10-5-3-2-4-9(8)10/h2-7H,1H3;2-6H,1H3;2-7H,1H3. The minimum Gasteiger partial charge on any atom is -0.256 e. The number of hydrogen-bond acceptors (Lipinski definition) is 2. The van der Waals surface area contributed by atoms with Crippen molar-refractivity contribution in [1.29, 1.82) is 0 Å². The molecule has 0 amide bonds. The zero-order valence-corrected chi connectivity index (χ0v) is 21.5. The molecule has 0 aliphatic heterocycles. The first-order chi connectivity index (χ1) is 16.9. The Balaban J connectivity index is 0.000000124. The van der Waals surface area contributed by atoms with Crippen molar-refractivity contribution in [3.05, 3.63) is 130 Å². The van der Waals surface area contributed by atoms with Crippen LogP contribution in [0.3, 0.4) is 0 Å². The summed E-state index contributed by atoms with van der Waals surface area (Å²) in [5.74, 6) is 0. The van der Waals surface area contributed by atoms with Gasteiger partial charge in [0.05, 0.1) is 16.1 Å². The fraction of sp³-hybridized carbons (Fsp3) is 0.0968. The number of halogens is 2. The molecule has 0 bridgehead atoms. The minimum absolute atomic E-state index is 0.803. The molecule has 0 radical (unpaired) electrons. The van der Waals surface area contributed by atoms with Crippen molar-refractivity contribution in [3.8, 4) is 0 Å². The molecule has 35 heavy (non-hydrogen) atoms. The van der Waals surface area contributed by atoms with Crippen LogP contribution in [0.4, 0.5) is 0 Å². The summed E-state index contributed by atoms with van der Waals surface area (Å²) >= 11 is 12.0. The maximum Gasteiger partial charge on any atom is 0.0717 e. The van der Waals surface area contributed by atoms with Crippen LogP contribution in [0.15, 0.2) is 103 Å². The fourth-order valence-corrected chi connectivity index (χ4v) is 4.23. The van der Waals surface area contributed by atoms with Gasteiger partial charge in [0.25, 0.3) is 0 Å². The number of aryl methyl sites for hydroxylation is 3. The zero-order valence-electron chi connectivity index (χ0n) is 20.0. The lowest BCUT2D eigenvalue weighted by molar-refractivity contribution is 1.33. The van der Waals surface area contributed by atoms with Gasteiger partial charge in [-0.05, 0) is 78.6 Å². The van der Waals surface area contributed by atoms with Crippen LogP contribution in [0.1, 0.15) is 16.7 Å². The predicted octanol–water partition coefficient (Wildman–Crippen LogP) is 9.54. The summed E-state index contributed by atoms with van der Waals surface area (Å²) in [6, 6.07) is 30.3. The third kappa shape index (κ3) is 5.97. The highest BCUT2D eigenvalue weighted by atomic mass is 35.5. The van der Waals surface area contributed by atoms with Gasteiger partial charge in [-0.2, -0.15) is 0 Å². The van der Waals surface area contributed by atoms with Crippen molar-refractivity contribution < 1.29 is 0 Å². The Morgan fingerprint density at radius 1 is 0.543 bits per heavy atom. The van der Waals surface area contributed by atoms with Gasteiger partial charge >= 0.3 is 0 Å². The van der Waals surface area contributed by atoms with E-state index in [1.54, 1.807) is 6.20 Å². The quantitative estimate of drug-likeness (QED) is 0.209. The molecule has 0 N–H and O–H groups in total. The topological polar surface area (TPSA) is 25.8 Å². The van der Waals surface area contributed by atoms with Gasteiger partial charge in [0.2, 0.25) is 0 Å². The molecular weight excluding hydrogens is 471 g/mol. The van der Waals surface area contributed by atoms with Crippen molar-refractivity contribution in [3.63, 3.8) is 0 Å². The third-order valence-corrected chi connectivity index (χ3v) is 6.55. The SMILES string of the molecule is Cc1cccc2ccc(Cl)cc12.Cc1ccnc2ccccc12.Cc1cnc2ccccc2c1Cl. The Kier molecular flexibility index (Phi) is 7.97. The maximum atomic E-state index is 6.09. The van der Waals surface area contributed by atoms with Crippen LogP contribution >= 0.6 is 23.2 Å². The van der Waals surface area contributed by atoms with Crippen LogP contribution in [-0.2, 0) is 0 Å². The molecule has 2 aromatic heterocycles. The molecule has 0 spiro atoms. The van der Waals surface area contributed by atoms with Gasteiger partial charge in [-0.1, -0.05) is 83.9 Å². The highest BCUT2D eigenvalue weighted by Crippen LogP contribution is 2.24. The molecule has 174 valence electrons. The lowest BCUT2D eigenvalue weighted by atomic mass is 10.1. The summed E-state index contributed by atoms with van der Waals surface area (Å²) in [5, 5.41) is 6.37. The normalized spacial score (nSPS) is 10.4. The zero-order chi connectivity index (χ0) is 24.8. The first-order valence-corrected chi connectivity index (χ1v) is 12.1. The van der Waals surface area contributed by atoms with Crippen molar-refractivity contribution in [1.82, 2.24) is 9.97 Å². The molecule has 0 atom stereocenters. The number of rotatable bonds is 0. The Labute approximate surface area is 216 Å². The van der Waals surface area contributed by atoms with Crippen LogP contribution in [-0.4, -0.2) is 9.97 Å². The second-order valence-corrected chi connectivity index (χ2v) is 9.17. The number of benzene rings is 4. The Bertz CT molecular complexity index is 1590. The van der Waals surface area contributed by atoms with Gasteiger partial charge in [-0.15, -0.1) is 0 Å². The molecule has 0 aliphatic rings. The smallest absolute Gasteiger partial charge is 0.0717 e. The summed E-state index contributed by atoms with van der Waals surface area (Å²) in [6.07, 6.45) is 3.64. The molecule has 0 saturated carbocycles. The maximum absolute atomic E-state index is 6.09. The predicted molar refractivity (Wildman–Crippen MR) is 152 cm³/mol. The van der Waals surface area contributed by atoms with E-state index < -0.39 is 0 Å². The van der Waals surface area contributed by atoms with Crippen molar-refractivity contribution in [2.24, 2.45) is 0 Å². The monoisotopic (exact) mass is 496 g/mol. The highest BCUT2D eigenvalue weighted by Gasteiger charge is 2.01. The Hall–Kier alpha value is -3.46. The Morgan fingerprint density at radius 3 is 1.94 bits per heavy atom. The van der Waals surface area contributed by atoms with Gasteiger partial charge in [0, 0.05) is 28.2 Å². The second-order valence-electron chi connectivity index (χ2n) is 8.36. The van der Waals surface area contributed by atoms with E-state index >= 15 is 0 Å². The van der Waals surface area contributed by atoms with Gasteiger partial charge in [0.15, 0.2) is 0 Å². The van der Waals surface area contributed by atoms with Gasteiger partial charge in [0.1, 0.15) is 0 Å². The summed E-state index contributed by atoms with van der Waals surface area (Å²) in [4.78, 5) is 8.50. The van der Waals surface area contributed by atoms with Crippen LogP contribution < -0.4 is 0 Å². The van der Waals surface area contributed by atoms with E-state index in [2.05, 4.69) is 48.1 Å². The summed E-state index contributed by atoms with van der Waals surface area (Å²) in [7, 11) is 0. The molecule has 2 nitrogen and oxygen atoms in total. The van der Waals surface area contributed by atoms with Gasteiger partial charge in [-0.25, -0.2) is 0 Å². The average Bonchev–Trinajstić information content (AvgIpc) is 2.88. The molecule has 0 saturated heterocycles. The van der Waals surface area contributed by atoms with E-state index in [1.165, 1.54) is 27.3 Å². The van der Waals surface area contributed by atoms with Crippen LogP contribution in [0.25, 0.3) is 32.6 Å². The number of aromatic nitrogens is 2. The molecule has 6 aromatic rings. The molecule has 6 rings (SSSR count). The molecule has 4 aromatic carbocycles. The highest BCUT2D eigenvalue weighted by molar-refractivity contribution is 6.36. The summed E-state index contributed by atoms with van der Waals surface area (Å²) < 4.78 is 0. The number of hydrogen-bond donors (Lipinski definition) is 0. The molecule has 0 aliphatic carbocycles. The molecule has 4 heteroatoms. The molecular formula is C31H26Cl2N2. The fourth-order valence-electron chi connectivity index (χ4n) is 3.85. The van der Waals surface area contributed by atoms with Crippen LogP contribution in [0.2, 0.25) is 10.0 Å². The minimum atomic E-state index is 0.803. The number of nitrogens with zero attached hydrogens (tertiary/aromatic N) is 2. The second kappa shape index (κ2) is 11.3. The number of pyridine rings is 2. The molecule has 0 fully saturated rings. The first-order valence-electron chi connectivity index (χ1n) is 11.4. The van der Waals surface area contributed by atoms with E-state index in [1.807, 2.05) is 79.9 Å². The van der Waals surface area contributed by atoms with E-state index in [0.29, 0.717) is 0 Å². The van der Waals surface area contributed by atoms with Crippen molar-refractivity contribution >= 4 is 55.8 Å².